The van der Waals surface area contributed by atoms with Gasteiger partial charge in [-0.25, -0.2) is 0 Å². The lowest BCUT2D eigenvalue weighted by atomic mass is 10.1. The Bertz CT molecular complexity index is 515. The average molecular weight is 258 g/mol. The van der Waals surface area contributed by atoms with E-state index in [9.17, 15) is 0 Å². The summed E-state index contributed by atoms with van der Waals surface area (Å²) in [6, 6.07) is 9.88. The van der Waals surface area contributed by atoms with Crippen molar-refractivity contribution < 1.29 is 9.47 Å². The molecule has 0 saturated carbocycles. The number of pyridine rings is 1. The second kappa shape index (κ2) is 6.75. The highest BCUT2D eigenvalue weighted by molar-refractivity contribution is 5.46. The van der Waals surface area contributed by atoms with Crippen LogP contribution in [0.3, 0.4) is 0 Å². The zero-order valence-corrected chi connectivity index (χ0v) is 11.2. The van der Waals surface area contributed by atoms with Gasteiger partial charge in [-0.15, -0.1) is 0 Å². The highest BCUT2D eigenvalue weighted by atomic mass is 16.5. The molecule has 1 heterocycles. The second-order valence-electron chi connectivity index (χ2n) is 4.11. The molecule has 0 spiro atoms. The van der Waals surface area contributed by atoms with Crippen LogP contribution in [-0.4, -0.2) is 19.2 Å². The van der Waals surface area contributed by atoms with Gasteiger partial charge in [0.05, 0.1) is 14.2 Å². The summed E-state index contributed by atoms with van der Waals surface area (Å²) < 4.78 is 10.7. The number of hydrogen-bond acceptors (Lipinski definition) is 4. The third-order valence-electron chi connectivity index (χ3n) is 2.88. The molecule has 0 aliphatic carbocycles. The summed E-state index contributed by atoms with van der Waals surface area (Å²) in [6.07, 6.45) is 3.59. The molecule has 0 bridgehead atoms. The Labute approximate surface area is 113 Å². The minimum Gasteiger partial charge on any atom is -0.493 e. The number of methoxy groups -OCH3 is 2. The molecule has 0 radical (unpaired) electrons. The smallest absolute Gasteiger partial charge is 0.165 e. The quantitative estimate of drug-likeness (QED) is 0.864. The molecule has 1 N–H and O–H groups in total. The molecule has 1 aromatic carbocycles. The predicted molar refractivity (Wildman–Crippen MR) is 74.3 cm³/mol. The molecule has 0 atom stereocenters. The fourth-order valence-corrected chi connectivity index (χ4v) is 1.94. The van der Waals surface area contributed by atoms with Gasteiger partial charge in [-0.05, 0) is 23.8 Å². The Morgan fingerprint density at radius 3 is 2.47 bits per heavy atom. The summed E-state index contributed by atoms with van der Waals surface area (Å²) in [7, 11) is 3.30. The lowest BCUT2D eigenvalue weighted by molar-refractivity contribution is 0.350. The van der Waals surface area contributed by atoms with Gasteiger partial charge in [-0.3, -0.25) is 4.98 Å². The minimum absolute atomic E-state index is 0.725. The minimum atomic E-state index is 0.725. The average Bonchev–Trinajstić information content (AvgIpc) is 2.48. The molecule has 100 valence electrons. The molecule has 0 amide bonds. The molecular weight excluding hydrogens is 240 g/mol. The van der Waals surface area contributed by atoms with E-state index < -0.39 is 0 Å². The lowest BCUT2D eigenvalue weighted by Gasteiger charge is -2.13. The third kappa shape index (κ3) is 3.45. The van der Waals surface area contributed by atoms with Crippen LogP contribution < -0.4 is 14.8 Å². The van der Waals surface area contributed by atoms with E-state index in [1.54, 1.807) is 26.6 Å². The Kier molecular flexibility index (Phi) is 4.75. The Morgan fingerprint density at radius 2 is 1.79 bits per heavy atom. The van der Waals surface area contributed by atoms with Crippen LogP contribution in [0.15, 0.2) is 42.7 Å². The first-order chi connectivity index (χ1) is 9.35. The van der Waals surface area contributed by atoms with Gasteiger partial charge in [0.15, 0.2) is 11.5 Å². The summed E-state index contributed by atoms with van der Waals surface area (Å²) in [4.78, 5) is 4.00. The van der Waals surface area contributed by atoms with Crippen molar-refractivity contribution in [3.8, 4) is 11.5 Å². The number of para-hydroxylation sites is 1. The molecule has 1 aromatic heterocycles. The van der Waals surface area contributed by atoms with Gasteiger partial charge in [0.2, 0.25) is 0 Å². The number of aromatic nitrogens is 1. The van der Waals surface area contributed by atoms with E-state index >= 15 is 0 Å². The second-order valence-corrected chi connectivity index (χ2v) is 4.11. The predicted octanol–water partition coefficient (Wildman–Crippen LogP) is 2.39. The van der Waals surface area contributed by atoms with Crippen LogP contribution >= 0.6 is 0 Å². The van der Waals surface area contributed by atoms with E-state index in [-0.39, 0.29) is 0 Å². The van der Waals surface area contributed by atoms with Crippen molar-refractivity contribution in [3.63, 3.8) is 0 Å². The number of rotatable bonds is 6. The van der Waals surface area contributed by atoms with Crippen LogP contribution in [0.5, 0.6) is 11.5 Å². The van der Waals surface area contributed by atoms with Gasteiger partial charge in [0, 0.05) is 31.0 Å². The van der Waals surface area contributed by atoms with Crippen molar-refractivity contribution in [2.75, 3.05) is 14.2 Å². The number of hydrogen-bond donors (Lipinski definition) is 1. The summed E-state index contributed by atoms with van der Waals surface area (Å²) in [6.45, 7) is 1.52. The standard InChI is InChI=1S/C15H18N2O2/c1-18-14-5-3-4-13(15(14)19-2)11-17-10-12-6-8-16-9-7-12/h3-9,17H,10-11H2,1-2H3. The first kappa shape index (κ1) is 13.4. The van der Waals surface area contributed by atoms with Crippen LogP contribution in [-0.2, 0) is 13.1 Å². The van der Waals surface area contributed by atoms with E-state index in [1.165, 1.54) is 5.56 Å². The molecule has 4 heteroatoms. The van der Waals surface area contributed by atoms with Crippen LogP contribution in [0.25, 0.3) is 0 Å². The van der Waals surface area contributed by atoms with Crippen molar-refractivity contribution in [3.05, 3.63) is 53.9 Å². The first-order valence-corrected chi connectivity index (χ1v) is 6.14. The van der Waals surface area contributed by atoms with Crippen LogP contribution in [0.2, 0.25) is 0 Å². The largest absolute Gasteiger partial charge is 0.493 e. The van der Waals surface area contributed by atoms with E-state index in [1.807, 2.05) is 30.3 Å². The monoisotopic (exact) mass is 258 g/mol. The summed E-state index contributed by atoms with van der Waals surface area (Å²) in [5.41, 5.74) is 2.28. The van der Waals surface area contributed by atoms with E-state index in [2.05, 4.69) is 10.3 Å². The highest BCUT2D eigenvalue weighted by Crippen LogP contribution is 2.30. The third-order valence-corrected chi connectivity index (χ3v) is 2.88. The molecule has 2 aromatic rings. The molecule has 0 aliphatic rings. The van der Waals surface area contributed by atoms with Crippen molar-refractivity contribution in [1.82, 2.24) is 10.3 Å². The fourth-order valence-electron chi connectivity index (χ4n) is 1.94. The van der Waals surface area contributed by atoms with Gasteiger partial charge < -0.3 is 14.8 Å². The van der Waals surface area contributed by atoms with Crippen molar-refractivity contribution in [2.45, 2.75) is 13.1 Å². The first-order valence-electron chi connectivity index (χ1n) is 6.14. The van der Waals surface area contributed by atoms with Crippen LogP contribution in [0.4, 0.5) is 0 Å². The lowest BCUT2D eigenvalue weighted by Crippen LogP contribution is -2.13. The summed E-state index contributed by atoms with van der Waals surface area (Å²) in [5.74, 6) is 1.54. The van der Waals surface area contributed by atoms with Gasteiger partial charge >= 0.3 is 0 Å². The SMILES string of the molecule is COc1cccc(CNCc2ccncc2)c1OC. The highest BCUT2D eigenvalue weighted by Gasteiger charge is 2.08. The van der Waals surface area contributed by atoms with Gasteiger partial charge in [0.1, 0.15) is 0 Å². The van der Waals surface area contributed by atoms with Crippen LogP contribution in [0.1, 0.15) is 11.1 Å². The molecule has 0 aliphatic heterocycles. The normalized spacial score (nSPS) is 10.2. The van der Waals surface area contributed by atoms with E-state index in [0.29, 0.717) is 0 Å². The zero-order valence-electron chi connectivity index (χ0n) is 11.2. The summed E-state index contributed by atoms with van der Waals surface area (Å²) >= 11 is 0. The van der Waals surface area contributed by atoms with Crippen molar-refractivity contribution in [2.24, 2.45) is 0 Å². The van der Waals surface area contributed by atoms with E-state index in [4.69, 9.17) is 9.47 Å². The van der Waals surface area contributed by atoms with Gasteiger partial charge in [-0.1, -0.05) is 12.1 Å². The van der Waals surface area contributed by atoms with Crippen LogP contribution in [0, 0.1) is 0 Å². The molecule has 4 nitrogen and oxygen atoms in total. The number of nitrogens with zero attached hydrogens (tertiary/aromatic N) is 1. The number of nitrogens with one attached hydrogen (secondary N) is 1. The topological polar surface area (TPSA) is 43.4 Å². The molecule has 0 fully saturated rings. The van der Waals surface area contributed by atoms with Crippen molar-refractivity contribution >= 4 is 0 Å². The van der Waals surface area contributed by atoms with Gasteiger partial charge in [0.25, 0.3) is 0 Å². The summed E-state index contributed by atoms with van der Waals surface area (Å²) in [5, 5.41) is 3.38. The molecule has 0 unspecified atom stereocenters. The maximum Gasteiger partial charge on any atom is 0.165 e. The van der Waals surface area contributed by atoms with Crippen molar-refractivity contribution in [1.29, 1.82) is 0 Å². The molecule has 19 heavy (non-hydrogen) atoms. The Hall–Kier alpha value is -2.07. The fraction of sp³-hybridized carbons (Fsp3) is 0.267. The zero-order chi connectivity index (χ0) is 13.5. The number of benzene rings is 1. The van der Waals surface area contributed by atoms with Gasteiger partial charge in [-0.2, -0.15) is 0 Å². The Morgan fingerprint density at radius 1 is 1.00 bits per heavy atom. The maximum atomic E-state index is 5.40. The Balaban J connectivity index is 2.00. The molecular formula is C15H18N2O2. The maximum absolute atomic E-state index is 5.40. The molecule has 2 rings (SSSR count). The molecule has 0 saturated heterocycles. The number of ether oxygens (including phenoxy) is 2. The van der Waals surface area contributed by atoms with E-state index in [0.717, 1.165) is 30.2 Å².